The van der Waals surface area contributed by atoms with Gasteiger partial charge < -0.3 is 10.2 Å². The quantitative estimate of drug-likeness (QED) is 0.716. The van der Waals surface area contributed by atoms with Crippen LogP contribution in [0.5, 0.6) is 0 Å². The number of nitrogens with one attached hydrogen (secondary N) is 1. The molecule has 0 fully saturated rings. The second-order valence-corrected chi connectivity index (χ2v) is 2.96. The van der Waals surface area contributed by atoms with Gasteiger partial charge in [-0.3, -0.25) is 0 Å². The highest BCUT2D eigenvalue weighted by Crippen LogP contribution is 2.12. The van der Waals surface area contributed by atoms with Crippen LogP contribution < -0.4 is 5.32 Å². The molecule has 1 N–H and O–H groups in total. The van der Waals surface area contributed by atoms with Crippen LogP contribution in [-0.2, 0) is 0 Å². The van der Waals surface area contributed by atoms with Gasteiger partial charge in [0, 0.05) is 12.1 Å². The number of hydrogen-bond donors (Lipinski definition) is 1. The minimum absolute atomic E-state index is 0.00722. The first-order valence-electron chi connectivity index (χ1n) is 4.09. The van der Waals surface area contributed by atoms with E-state index < -0.39 is 0 Å². The van der Waals surface area contributed by atoms with Gasteiger partial charge in [0.05, 0.1) is 0 Å². The molecule has 0 aliphatic heterocycles. The summed E-state index contributed by atoms with van der Waals surface area (Å²) in [7, 11) is 0. The van der Waals surface area contributed by atoms with E-state index in [1.165, 1.54) is 6.07 Å². The third kappa shape index (κ3) is 2.43. The molecule has 0 radical (unpaired) electrons. The fraction of sp³-hybridized carbons (Fsp3) is 0.333. The van der Waals surface area contributed by atoms with Crippen LogP contribution in [0.15, 0.2) is 6.07 Å². The van der Waals surface area contributed by atoms with Crippen molar-refractivity contribution in [2.24, 2.45) is 0 Å². The van der Waals surface area contributed by atoms with Crippen molar-refractivity contribution < 1.29 is 0 Å². The molecule has 0 aliphatic carbocycles. The molecular weight excluding hydrogens is 178 g/mol. The van der Waals surface area contributed by atoms with Crippen LogP contribution in [0.4, 0.5) is 11.8 Å². The van der Waals surface area contributed by atoms with E-state index in [1.807, 2.05) is 19.9 Å². The Morgan fingerprint density at radius 3 is 2.79 bits per heavy atom. The van der Waals surface area contributed by atoms with Crippen LogP contribution in [0.25, 0.3) is 4.85 Å². The molecule has 14 heavy (non-hydrogen) atoms. The zero-order chi connectivity index (χ0) is 10.6. The number of hydrogen-bond acceptors (Lipinski definition) is 4. The lowest BCUT2D eigenvalue weighted by Gasteiger charge is -2.05. The lowest BCUT2D eigenvalue weighted by atomic mass is 10.3. The summed E-state index contributed by atoms with van der Waals surface area (Å²) in [5, 5.41) is 11.7. The summed E-state index contributed by atoms with van der Waals surface area (Å²) >= 11 is 0. The third-order valence-electron chi connectivity index (χ3n) is 1.37. The molecule has 0 saturated carbocycles. The molecule has 5 nitrogen and oxygen atoms in total. The standard InChI is InChI=1S/C9H9N5/c1-6(2)12-8-4-7(5-10)13-9(11-3)14-8/h4,6H,1-2H3,(H,12,13,14). The molecule has 0 saturated heterocycles. The van der Waals surface area contributed by atoms with Gasteiger partial charge in [-0.15, -0.1) is 16.5 Å². The van der Waals surface area contributed by atoms with Crippen molar-refractivity contribution in [1.29, 1.82) is 5.26 Å². The van der Waals surface area contributed by atoms with Gasteiger partial charge in [-0.05, 0) is 13.8 Å². The van der Waals surface area contributed by atoms with Gasteiger partial charge >= 0.3 is 5.95 Å². The summed E-state index contributed by atoms with van der Waals surface area (Å²) < 4.78 is 0. The third-order valence-corrected chi connectivity index (χ3v) is 1.37. The molecule has 0 aliphatic rings. The summed E-state index contributed by atoms with van der Waals surface area (Å²) in [5.74, 6) is 0.504. The Morgan fingerprint density at radius 2 is 2.29 bits per heavy atom. The minimum Gasteiger partial charge on any atom is -0.394 e. The first-order chi connectivity index (χ1) is 6.65. The van der Waals surface area contributed by atoms with E-state index in [9.17, 15) is 0 Å². The second kappa shape index (κ2) is 4.20. The van der Waals surface area contributed by atoms with E-state index in [2.05, 4.69) is 20.1 Å². The van der Waals surface area contributed by atoms with Crippen LogP contribution in [0.2, 0.25) is 0 Å². The Hall–Kier alpha value is -2.14. The molecule has 1 heterocycles. The largest absolute Gasteiger partial charge is 0.394 e. The van der Waals surface area contributed by atoms with E-state index in [0.29, 0.717) is 5.82 Å². The number of anilines is 1. The van der Waals surface area contributed by atoms with E-state index in [-0.39, 0.29) is 17.7 Å². The Morgan fingerprint density at radius 1 is 1.57 bits per heavy atom. The number of nitrogens with zero attached hydrogens (tertiary/aromatic N) is 4. The Balaban J connectivity index is 3.08. The molecule has 0 amide bonds. The predicted molar refractivity (Wildman–Crippen MR) is 51.8 cm³/mol. The Bertz CT molecular complexity index is 378. The van der Waals surface area contributed by atoms with Crippen LogP contribution in [-0.4, -0.2) is 16.0 Å². The topological polar surface area (TPSA) is 66.0 Å². The van der Waals surface area contributed by atoms with Gasteiger partial charge in [0.15, 0.2) is 5.82 Å². The number of aromatic nitrogens is 2. The maximum atomic E-state index is 8.65. The molecule has 0 unspecified atom stereocenters. The Kier molecular flexibility index (Phi) is 2.98. The normalized spacial score (nSPS) is 9.21. The zero-order valence-corrected chi connectivity index (χ0v) is 7.94. The maximum Gasteiger partial charge on any atom is 0.374 e. The molecular formula is C9H9N5. The van der Waals surface area contributed by atoms with Crippen molar-refractivity contribution in [3.63, 3.8) is 0 Å². The van der Waals surface area contributed by atoms with Crippen LogP contribution in [0.3, 0.4) is 0 Å². The average molecular weight is 187 g/mol. The molecule has 0 bridgehead atoms. The maximum absolute atomic E-state index is 8.65. The summed E-state index contributed by atoms with van der Waals surface area (Å²) in [5.41, 5.74) is 0.203. The minimum atomic E-state index is -0.00722. The van der Waals surface area contributed by atoms with Crippen molar-refractivity contribution in [1.82, 2.24) is 9.97 Å². The van der Waals surface area contributed by atoms with Crippen LogP contribution >= 0.6 is 0 Å². The van der Waals surface area contributed by atoms with Crippen molar-refractivity contribution in [3.8, 4) is 6.07 Å². The van der Waals surface area contributed by atoms with Gasteiger partial charge in [-0.25, -0.2) is 0 Å². The first-order valence-corrected chi connectivity index (χ1v) is 4.09. The second-order valence-electron chi connectivity index (χ2n) is 2.96. The molecule has 0 aromatic carbocycles. The summed E-state index contributed by atoms with van der Waals surface area (Å²) in [6.45, 7) is 10.7. The molecule has 1 aromatic heterocycles. The van der Waals surface area contributed by atoms with E-state index in [4.69, 9.17) is 11.8 Å². The van der Waals surface area contributed by atoms with Gasteiger partial charge in [0.2, 0.25) is 5.69 Å². The summed E-state index contributed by atoms with van der Waals surface area (Å²) in [4.78, 5) is 10.7. The van der Waals surface area contributed by atoms with Crippen molar-refractivity contribution in [3.05, 3.63) is 23.2 Å². The van der Waals surface area contributed by atoms with Crippen LogP contribution in [0.1, 0.15) is 19.5 Å². The fourth-order valence-corrected chi connectivity index (χ4v) is 0.912. The predicted octanol–water partition coefficient (Wildman–Crippen LogP) is 1.72. The molecule has 0 spiro atoms. The first kappa shape index (κ1) is 9.94. The van der Waals surface area contributed by atoms with Crippen molar-refractivity contribution in [2.45, 2.75) is 19.9 Å². The van der Waals surface area contributed by atoms with E-state index in [1.54, 1.807) is 0 Å². The van der Waals surface area contributed by atoms with Gasteiger partial charge in [-0.2, -0.15) is 5.26 Å². The average Bonchev–Trinajstić information content (AvgIpc) is 2.16. The summed E-state index contributed by atoms with van der Waals surface area (Å²) in [6.07, 6.45) is 0. The Labute approximate surface area is 82.2 Å². The zero-order valence-electron chi connectivity index (χ0n) is 7.94. The van der Waals surface area contributed by atoms with Gasteiger partial charge in [0.1, 0.15) is 6.07 Å². The lowest BCUT2D eigenvalue weighted by Crippen LogP contribution is -2.11. The SMILES string of the molecule is [C-]#[N+]c1nc(C#N)cc(NC(C)C)n1. The van der Waals surface area contributed by atoms with E-state index >= 15 is 0 Å². The molecule has 1 aromatic rings. The monoisotopic (exact) mass is 187 g/mol. The highest BCUT2D eigenvalue weighted by molar-refractivity contribution is 5.46. The van der Waals surface area contributed by atoms with Crippen molar-refractivity contribution >= 4 is 11.8 Å². The fourth-order valence-electron chi connectivity index (χ4n) is 0.912. The molecule has 0 atom stereocenters. The highest BCUT2D eigenvalue weighted by Gasteiger charge is 2.07. The number of rotatable bonds is 2. The summed E-state index contributed by atoms with van der Waals surface area (Å²) in [6, 6.07) is 3.61. The van der Waals surface area contributed by atoms with Gasteiger partial charge in [-0.1, -0.05) is 0 Å². The highest BCUT2D eigenvalue weighted by atomic mass is 15.1. The lowest BCUT2D eigenvalue weighted by molar-refractivity contribution is 0.887. The van der Waals surface area contributed by atoms with Crippen LogP contribution in [0, 0.1) is 17.9 Å². The molecule has 70 valence electrons. The smallest absolute Gasteiger partial charge is 0.374 e. The van der Waals surface area contributed by atoms with E-state index in [0.717, 1.165) is 0 Å². The van der Waals surface area contributed by atoms with Crippen molar-refractivity contribution in [2.75, 3.05) is 5.32 Å². The molecule has 5 heteroatoms. The number of nitriles is 1. The molecule has 1 rings (SSSR count). The van der Waals surface area contributed by atoms with Gasteiger partial charge in [0.25, 0.3) is 0 Å².